The van der Waals surface area contributed by atoms with Crippen LogP contribution in [0.25, 0.3) is 0 Å². The van der Waals surface area contributed by atoms with E-state index in [-0.39, 0.29) is 17.7 Å². The number of H-pyrrole nitrogens is 1. The Morgan fingerprint density at radius 1 is 1.42 bits per heavy atom. The van der Waals surface area contributed by atoms with Crippen molar-refractivity contribution in [2.24, 2.45) is 0 Å². The summed E-state index contributed by atoms with van der Waals surface area (Å²) in [6.45, 7) is 0. The van der Waals surface area contributed by atoms with Crippen molar-refractivity contribution in [3.05, 3.63) is 47.3 Å². The molecule has 2 aromatic rings. The van der Waals surface area contributed by atoms with Gasteiger partial charge in [-0.2, -0.15) is 5.10 Å². The lowest BCUT2D eigenvalue weighted by Crippen LogP contribution is -2.38. The maximum atomic E-state index is 12.1. The summed E-state index contributed by atoms with van der Waals surface area (Å²) in [5.41, 5.74) is 2.64. The monoisotopic (exact) mass is 257 g/mol. The molecule has 1 aliphatic carbocycles. The summed E-state index contributed by atoms with van der Waals surface area (Å²) in [7, 11) is 0. The van der Waals surface area contributed by atoms with E-state index in [9.17, 15) is 9.90 Å². The lowest BCUT2D eigenvalue weighted by atomic mass is 9.93. The van der Waals surface area contributed by atoms with E-state index in [1.54, 1.807) is 18.2 Å². The van der Waals surface area contributed by atoms with Gasteiger partial charge in [-0.25, -0.2) is 0 Å². The van der Waals surface area contributed by atoms with Gasteiger partial charge in [0.05, 0.1) is 11.8 Å². The number of hydrogen-bond acceptors (Lipinski definition) is 3. The van der Waals surface area contributed by atoms with Crippen LogP contribution in [0, 0.1) is 0 Å². The highest BCUT2D eigenvalue weighted by Crippen LogP contribution is 2.20. The average molecular weight is 257 g/mol. The molecule has 5 nitrogen and oxygen atoms in total. The number of aryl methyl sites for hydroxylation is 1. The summed E-state index contributed by atoms with van der Waals surface area (Å²) >= 11 is 0. The fourth-order valence-corrected chi connectivity index (χ4v) is 2.46. The number of para-hydroxylation sites is 1. The molecule has 0 saturated carbocycles. The molecule has 1 amide bonds. The average Bonchev–Trinajstić information content (AvgIpc) is 2.86. The SMILES string of the molecule is O=C(NC1CCc2cn[nH]c2C1)c1ccccc1O. The fraction of sp³-hybridized carbons (Fsp3) is 0.286. The van der Waals surface area contributed by atoms with Gasteiger partial charge in [0.25, 0.3) is 5.91 Å². The number of hydrogen-bond donors (Lipinski definition) is 3. The second kappa shape index (κ2) is 4.76. The van der Waals surface area contributed by atoms with Gasteiger partial charge in [-0.1, -0.05) is 12.1 Å². The van der Waals surface area contributed by atoms with Gasteiger partial charge in [-0.3, -0.25) is 9.89 Å². The van der Waals surface area contributed by atoms with Crippen LogP contribution in [0.15, 0.2) is 30.5 Å². The Hall–Kier alpha value is -2.30. The first-order valence-corrected chi connectivity index (χ1v) is 6.34. The molecular formula is C14H15N3O2. The van der Waals surface area contributed by atoms with Gasteiger partial charge in [-0.15, -0.1) is 0 Å². The van der Waals surface area contributed by atoms with Crippen LogP contribution in [0.2, 0.25) is 0 Å². The summed E-state index contributed by atoms with van der Waals surface area (Å²) in [5, 5.41) is 19.6. The van der Waals surface area contributed by atoms with Crippen molar-refractivity contribution < 1.29 is 9.90 Å². The van der Waals surface area contributed by atoms with Crippen molar-refractivity contribution in [2.75, 3.05) is 0 Å². The number of amides is 1. The Bertz CT molecular complexity index is 606. The van der Waals surface area contributed by atoms with Gasteiger partial charge in [0.1, 0.15) is 5.75 Å². The molecule has 0 spiro atoms. The van der Waals surface area contributed by atoms with E-state index in [0.717, 1.165) is 25.0 Å². The highest BCUT2D eigenvalue weighted by molar-refractivity contribution is 5.96. The van der Waals surface area contributed by atoms with E-state index in [4.69, 9.17) is 0 Å². The third-order valence-electron chi connectivity index (χ3n) is 3.50. The lowest BCUT2D eigenvalue weighted by molar-refractivity contribution is 0.0931. The Kier molecular flexibility index (Phi) is 2.95. The second-order valence-corrected chi connectivity index (χ2v) is 4.80. The number of benzene rings is 1. The summed E-state index contributed by atoms with van der Waals surface area (Å²) in [5.74, 6) is -0.218. The van der Waals surface area contributed by atoms with Crippen molar-refractivity contribution in [1.29, 1.82) is 0 Å². The number of fused-ring (bicyclic) bond motifs is 1. The molecule has 1 aliphatic rings. The number of nitrogens with one attached hydrogen (secondary N) is 2. The van der Waals surface area contributed by atoms with Gasteiger partial charge in [-0.05, 0) is 30.5 Å². The van der Waals surface area contributed by atoms with Crippen molar-refractivity contribution in [2.45, 2.75) is 25.3 Å². The van der Waals surface area contributed by atoms with E-state index >= 15 is 0 Å². The zero-order valence-electron chi connectivity index (χ0n) is 10.4. The molecule has 0 fully saturated rings. The molecule has 0 saturated heterocycles. The first kappa shape index (κ1) is 11.8. The van der Waals surface area contributed by atoms with Gasteiger partial charge < -0.3 is 10.4 Å². The highest BCUT2D eigenvalue weighted by atomic mass is 16.3. The van der Waals surface area contributed by atoms with Crippen LogP contribution < -0.4 is 5.32 Å². The van der Waals surface area contributed by atoms with Gasteiger partial charge in [0.15, 0.2) is 0 Å². The van der Waals surface area contributed by atoms with Crippen molar-refractivity contribution in [1.82, 2.24) is 15.5 Å². The predicted molar refractivity (Wildman–Crippen MR) is 70.0 cm³/mol. The quantitative estimate of drug-likeness (QED) is 0.761. The maximum absolute atomic E-state index is 12.1. The Morgan fingerprint density at radius 2 is 2.26 bits per heavy atom. The van der Waals surface area contributed by atoms with E-state index in [2.05, 4.69) is 15.5 Å². The van der Waals surface area contributed by atoms with Gasteiger partial charge in [0, 0.05) is 18.2 Å². The molecule has 98 valence electrons. The molecular weight excluding hydrogens is 242 g/mol. The minimum atomic E-state index is -0.230. The number of nitrogens with zero attached hydrogens (tertiary/aromatic N) is 1. The standard InChI is InChI=1S/C14H15N3O2/c18-13-4-2-1-3-11(13)14(19)16-10-6-5-9-8-15-17-12(9)7-10/h1-4,8,10,18H,5-7H2,(H,15,17)(H,16,19). The minimum absolute atomic E-state index is 0.0121. The van der Waals surface area contributed by atoms with Crippen LogP contribution in [0.3, 0.4) is 0 Å². The molecule has 19 heavy (non-hydrogen) atoms. The molecule has 0 bridgehead atoms. The maximum Gasteiger partial charge on any atom is 0.255 e. The molecule has 3 N–H and O–H groups in total. The van der Waals surface area contributed by atoms with Gasteiger partial charge >= 0.3 is 0 Å². The first-order chi connectivity index (χ1) is 9.24. The van der Waals surface area contributed by atoms with Crippen LogP contribution in [-0.2, 0) is 12.8 Å². The molecule has 1 unspecified atom stereocenters. The zero-order valence-corrected chi connectivity index (χ0v) is 10.4. The number of phenols is 1. The molecule has 1 atom stereocenters. The lowest BCUT2D eigenvalue weighted by Gasteiger charge is -2.22. The molecule has 1 aromatic heterocycles. The third-order valence-corrected chi connectivity index (χ3v) is 3.50. The van der Waals surface area contributed by atoms with E-state index in [1.807, 2.05) is 6.20 Å². The number of aromatic hydroxyl groups is 1. The molecule has 3 rings (SSSR count). The minimum Gasteiger partial charge on any atom is -0.507 e. The Balaban J connectivity index is 1.70. The summed E-state index contributed by atoms with van der Waals surface area (Å²) in [6.07, 6.45) is 4.41. The topological polar surface area (TPSA) is 78.0 Å². The van der Waals surface area contributed by atoms with E-state index < -0.39 is 0 Å². The number of carbonyl (C=O) groups excluding carboxylic acids is 1. The predicted octanol–water partition coefficient (Wildman–Crippen LogP) is 1.40. The number of rotatable bonds is 2. The smallest absolute Gasteiger partial charge is 0.255 e. The summed E-state index contributed by atoms with van der Waals surface area (Å²) in [6, 6.07) is 6.66. The second-order valence-electron chi connectivity index (χ2n) is 4.80. The molecule has 0 aliphatic heterocycles. The summed E-state index contributed by atoms with van der Waals surface area (Å²) < 4.78 is 0. The first-order valence-electron chi connectivity index (χ1n) is 6.34. The third kappa shape index (κ3) is 2.31. The van der Waals surface area contributed by atoms with Crippen LogP contribution in [-0.4, -0.2) is 27.3 Å². The van der Waals surface area contributed by atoms with Crippen molar-refractivity contribution in [3.8, 4) is 5.75 Å². The number of phenolic OH excluding ortho intramolecular Hbond substituents is 1. The Morgan fingerprint density at radius 3 is 3.11 bits per heavy atom. The van der Waals surface area contributed by atoms with Crippen LogP contribution >= 0.6 is 0 Å². The summed E-state index contributed by atoms with van der Waals surface area (Å²) in [4.78, 5) is 12.1. The normalized spacial score (nSPS) is 17.8. The molecule has 0 radical (unpaired) electrons. The van der Waals surface area contributed by atoms with E-state index in [1.165, 1.54) is 11.6 Å². The fourth-order valence-electron chi connectivity index (χ4n) is 2.46. The van der Waals surface area contributed by atoms with Crippen molar-refractivity contribution in [3.63, 3.8) is 0 Å². The van der Waals surface area contributed by atoms with Crippen LogP contribution in [0.5, 0.6) is 5.75 Å². The highest BCUT2D eigenvalue weighted by Gasteiger charge is 2.22. The number of aromatic amines is 1. The van der Waals surface area contributed by atoms with E-state index in [0.29, 0.717) is 5.56 Å². The molecule has 5 heteroatoms. The molecule has 1 aromatic carbocycles. The van der Waals surface area contributed by atoms with Crippen LogP contribution in [0.1, 0.15) is 28.0 Å². The van der Waals surface area contributed by atoms with Crippen molar-refractivity contribution >= 4 is 5.91 Å². The zero-order chi connectivity index (χ0) is 13.2. The van der Waals surface area contributed by atoms with Crippen LogP contribution in [0.4, 0.5) is 0 Å². The largest absolute Gasteiger partial charge is 0.507 e. The Labute approximate surface area is 110 Å². The van der Waals surface area contributed by atoms with Gasteiger partial charge in [0.2, 0.25) is 0 Å². The molecule has 1 heterocycles. The number of carbonyl (C=O) groups is 1. The number of aromatic nitrogens is 2.